The average molecular weight is 366 g/mol. The number of hydrogen-bond donors (Lipinski definition) is 1. The minimum atomic E-state index is -0.176. The predicted octanol–water partition coefficient (Wildman–Crippen LogP) is 3.63. The maximum Gasteiger partial charge on any atom is 0.257 e. The van der Waals surface area contributed by atoms with Crippen LogP contribution in [-0.2, 0) is 4.79 Å². The number of rotatable bonds is 6. The van der Waals surface area contributed by atoms with E-state index in [9.17, 15) is 4.79 Å². The molecule has 0 saturated carbocycles. The SMILES string of the molecule is CCN1CCC[C@H]1CNC(=O)COc1cc(Cl)c(Cl)cc1Cl. The first kappa shape index (κ1) is 17.7. The zero-order valence-electron chi connectivity index (χ0n) is 12.4. The summed E-state index contributed by atoms with van der Waals surface area (Å²) in [5.74, 6) is 0.173. The van der Waals surface area contributed by atoms with Crippen LogP contribution in [0.5, 0.6) is 5.75 Å². The Morgan fingerprint density at radius 2 is 2.05 bits per heavy atom. The van der Waals surface area contributed by atoms with Gasteiger partial charge in [-0.15, -0.1) is 0 Å². The van der Waals surface area contributed by atoms with Crippen molar-refractivity contribution in [2.24, 2.45) is 0 Å². The Bertz CT molecular complexity index is 540. The predicted molar refractivity (Wildman–Crippen MR) is 90.2 cm³/mol. The molecule has 1 fully saturated rings. The van der Waals surface area contributed by atoms with E-state index >= 15 is 0 Å². The topological polar surface area (TPSA) is 41.6 Å². The lowest BCUT2D eigenvalue weighted by Gasteiger charge is -2.22. The summed E-state index contributed by atoms with van der Waals surface area (Å²) in [6.07, 6.45) is 2.30. The molecule has 122 valence electrons. The van der Waals surface area contributed by atoms with Gasteiger partial charge in [-0.1, -0.05) is 41.7 Å². The number of nitrogens with zero attached hydrogens (tertiary/aromatic N) is 1. The highest BCUT2D eigenvalue weighted by atomic mass is 35.5. The molecule has 22 heavy (non-hydrogen) atoms. The molecule has 4 nitrogen and oxygen atoms in total. The van der Waals surface area contributed by atoms with E-state index in [-0.39, 0.29) is 12.5 Å². The standard InChI is InChI=1S/C15H19Cl3N2O2/c1-2-20-5-3-4-10(20)8-19-15(21)9-22-14-7-12(17)11(16)6-13(14)18/h6-7,10H,2-5,8-9H2,1H3,(H,19,21)/t10-/m0/s1. The van der Waals surface area contributed by atoms with Gasteiger partial charge in [0.25, 0.3) is 5.91 Å². The monoisotopic (exact) mass is 364 g/mol. The molecule has 0 bridgehead atoms. The fourth-order valence-electron chi connectivity index (χ4n) is 2.58. The quantitative estimate of drug-likeness (QED) is 0.783. The van der Waals surface area contributed by atoms with E-state index in [0.29, 0.717) is 33.4 Å². The molecule has 1 heterocycles. The van der Waals surface area contributed by atoms with Crippen molar-refractivity contribution in [3.8, 4) is 5.75 Å². The Labute approximate surface area is 145 Å². The lowest BCUT2D eigenvalue weighted by atomic mass is 10.2. The van der Waals surface area contributed by atoms with E-state index in [1.165, 1.54) is 18.6 Å². The molecule has 1 aromatic carbocycles. The molecule has 0 unspecified atom stereocenters. The number of halogens is 3. The van der Waals surface area contributed by atoms with Gasteiger partial charge in [-0.05, 0) is 32.0 Å². The molecule has 1 saturated heterocycles. The normalized spacial score (nSPS) is 18.5. The molecule has 0 spiro atoms. The molecule has 7 heteroatoms. The number of ether oxygens (including phenoxy) is 1. The van der Waals surface area contributed by atoms with Gasteiger partial charge in [-0.2, -0.15) is 0 Å². The molecular formula is C15H19Cl3N2O2. The van der Waals surface area contributed by atoms with Crippen LogP contribution in [0.1, 0.15) is 19.8 Å². The van der Waals surface area contributed by atoms with Crippen LogP contribution in [0.2, 0.25) is 15.1 Å². The number of carbonyl (C=O) groups is 1. The minimum absolute atomic E-state index is 0.101. The summed E-state index contributed by atoms with van der Waals surface area (Å²) in [7, 11) is 0. The highest BCUT2D eigenvalue weighted by molar-refractivity contribution is 6.43. The van der Waals surface area contributed by atoms with Crippen LogP contribution < -0.4 is 10.1 Å². The third-order valence-corrected chi connectivity index (χ3v) is 4.79. The summed E-state index contributed by atoms with van der Waals surface area (Å²) >= 11 is 17.7. The van der Waals surface area contributed by atoms with Crippen molar-refractivity contribution in [3.63, 3.8) is 0 Å². The summed E-state index contributed by atoms with van der Waals surface area (Å²) in [6, 6.07) is 3.42. The number of hydrogen-bond acceptors (Lipinski definition) is 3. The van der Waals surface area contributed by atoms with Gasteiger partial charge in [0.05, 0.1) is 15.1 Å². The molecule has 1 aliphatic rings. The van der Waals surface area contributed by atoms with E-state index < -0.39 is 0 Å². The van der Waals surface area contributed by atoms with Gasteiger partial charge in [-0.25, -0.2) is 0 Å². The van der Waals surface area contributed by atoms with Crippen molar-refractivity contribution in [1.29, 1.82) is 0 Å². The van der Waals surface area contributed by atoms with Crippen molar-refractivity contribution in [2.75, 3.05) is 26.2 Å². The Morgan fingerprint density at radius 1 is 1.32 bits per heavy atom. The van der Waals surface area contributed by atoms with E-state index in [2.05, 4.69) is 17.1 Å². The first-order valence-corrected chi connectivity index (χ1v) is 8.42. The van der Waals surface area contributed by atoms with Gasteiger partial charge in [0.1, 0.15) is 5.75 Å². The van der Waals surface area contributed by atoms with Crippen LogP contribution >= 0.6 is 34.8 Å². The molecular weight excluding hydrogens is 347 g/mol. The number of amides is 1. The summed E-state index contributed by atoms with van der Waals surface area (Å²) in [6.45, 7) is 4.79. The van der Waals surface area contributed by atoms with E-state index in [1.807, 2.05) is 0 Å². The molecule has 1 N–H and O–H groups in total. The largest absolute Gasteiger partial charge is 0.482 e. The number of likely N-dealkylation sites (N-methyl/N-ethyl adjacent to an activating group) is 1. The van der Waals surface area contributed by atoms with Gasteiger partial charge >= 0.3 is 0 Å². The second kappa shape index (κ2) is 8.25. The molecule has 1 amide bonds. The fourth-order valence-corrected chi connectivity index (χ4v) is 3.17. The van der Waals surface area contributed by atoms with Crippen LogP contribution in [-0.4, -0.2) is 43.1 Å². The molecule has 0 radical (unpaired) electrons. The number of likely N-dealkylation sites (tertiary alicyclic amines) is 1. The smallest absolute Gasteiger partial charge is 0.257 e. The zero-order valence-corrected chi connectivity index (χ0v) is 14.6. The second-order valence-corrected chi connectivity index (χ2v) is 6.44. The number of nitrogens with one attached hydrogen (secondary N) is 1. The number of carbonyl (C=O) groups excluding carboxylic acids is 1. The summed E-state index contributed by atoms with van der Waals surface area (Å²) < 4.78 is 5.40. The van der Waals surface area contributed by atoms with Crippen LogP contribution in [0, 0.1) is 0 Å². The maximum absolute atomic E-state index is 11.9. The summed E-state index contributed by atoms with van der Waals surface area (Å²) in [4.78, 5) is 14.2. The van der Waals surface area contributed by atoms with Crippen LogP contribution in [0.4, 0.5) is 0 Å². The summed E-state index contributed by atoms with van der Waals surface area (Å²) in [5, 5.41) is 3.92. The Morgan fingerprint density at radius 3 is 2.77 bits per heavy atom. The number of benzene rings is 1. The average Bonchev–Trinajstić information content (AvgIpc) is 2.95. The molecule has 1 aliphatic heterocycles. The van der Waals surface area contributed by atoms with Crippen LogP contribution in [0.3, 0.4) is 0 Å². The van der Waals surface area contributed by atoms with Gasteiger partial charge in [0.2, 0.25) is 0 Å². The lowest BCUT2D eigenvalue weighted by Crippen LogP contribution is -2.41. The fraction of sp³-hybridized carbons (Fsp3) is 0.533. The van der Waals surface area contributed by atoms with E-state index in [0.717, 1.165) is 19.5 Å². The van der Waals surface area contributed by atoms with Crippen LogP contribution in [0.15, 0.2) is 12.1 Å². The molecule has 1 aromatic rings. The molecule has 0 aliphatic carbocycles. The third kappa shape index (κ3) is 4.66. The zero-order chi connectivity index (χ0) is 16.1. The van der Waals surface area contributed by atoms with Gasteiger partial charge in [-0.3, -0.25) is 9.69 Å². The van der Waals surface area contributed by atoms with Gasteiger partial charge < -0.3 is 10.1 Å². The summed E-state index contributed by atoms with van der Waals surface area (Å²) in [5.41, 5.74) is 0. The van der Waals surface area contributed by atoms with Gasteiger partial charge in [0.15, 0.2) is 6.61 Å². The van der Waals surface area contributed by atoms with E-state index in [4.69, 9.17) is 39.5 Å². The molecule has 1 atom stereocenters. The lowest BCUT2D eigenvalue weighted by molar-refractivity contribution is -0.123. The molecule has 0 aromatic heterocycles. The molecule has 2 rings (SSSR count). The first-order chi connectivity index (χ1) is 10.5. The highest BCUT2D eigenvalue weighted by Crippen LogP contribution is 2.33. The second-order valence-electron chi connectivity index (χ2n) is 5.21. The van der Waals surface area contributed by atoms with Crippen molar-refractivity contribution in [2.45, 2.75) is 25.8 Å². The minimum Gasteiger partial charge on any atom is -0.482 e. The van der Waals surface area contributed by atoms with Crippen molar-refractivity contribution in [1.82, 2.24) is 10.2 Å². The van der Waals surface area contributed by atoms with Gasteiger partial charge in [0, 0.05) is 18.7 Å². The van der Waals surface area contributed by atoms with Crippen LogP contribution in [0.25, 0.3) is 0 Å². The Kier molecular flexibility index (Phi) is 6.63. The highest BCUT2D eigenvalue weighted by Gasteiger charge is 2.23. The Balaban J connectivity index is 1.79. The van der Waals surface area contributed by atoms with E-state index in [1.54, 1.807) is 0 Å². The maximum atomic E-state index is 11.9. The Hall–Kier alpha value is -0.680. The van der Waals surface area contributed by atoms with Crippen molar-refractivity contribution >= 4 is 40.7 Å². The first-order valence-electron chi connectivity index (χ1n) is 7.29. The van der Waals surface area contributed by atoms with Crippen molar-refractivity contribution in [3.05, 3.63) is 27.2 Å². The van der Waals surface area contributed by atoms with Crippen molar-refractivity contribution < 1.29 is 9.53 Å². The third-order valence-electron chi connectivity index (χ3n) is 3.77.